The van der Waals surface area contributed by atoms with Crippen LogP contribution in [0.15, 0.2) is 29.2 Å². The highest BCUT2D eigenvalue weighted by atomic mass is 32.2. The van der Waals surface area contributed by atoms with Crippen LogP contribution in [0.5, 0.6) is 0 Å². The van der Waals surface area contributed by atoms with Crippen molar-refractivity contribution in [3.63, 3.8) is 0 Å². The molecule has 1 fully saturated rings. The predicted molar refractivity (Wildman–Crippen MR) is 82.0 cm³/mol. The summed E-state index contributed by atoms with van der Waals surface area (Å²) in [5.41, 5.74) is 0.946. The summed E-state index contributed by atoms with van der Waals surface area (Å²) < 4.78 is 22.3. The highest BCUT2D eigenvalue weighted by Gasteiger charge is 2.17. The smallest absolute Gasteiger partial charge is 0.238 e. The molecule has 1 aliphatic carbocycles. The number of nitrogens with one attached hydrogen (secondary N) is 1. The van der Waals surface area contributed by atoms with Crippen molar-refractivity contribution in [2.75, 3.05) is 11.9 Å². The van der Waals surface area contributed by atoms with E-state index in [1.54, 1.807) is 24.3 Å². The first-order valence-electron chi connectivity index (χ1n) is 7.32. The second kappa shape index (κ2) is 6.59. The summed E-state index contributed by atoms with van der Waals surface area (Å²) in [4.78, 5) is 0.157. The molecular weight excluding hydrogens is 272 g/mol. The molecule has 3 N–H and O–H groups in total. The van der Waals surface area contributed by atoms with Crippen LogP contribution in [-0.2, 0) is 10.0 Å². The largest absolute Gasteiger partial charge is 0.385 e. The van der Waals surface area contributed by atoms with Crippen LogP contribution < -0.4 is 10.5 Å². The summed E-state index contributed by atoms with van der Waals surface area (Å²) in [5.74, 6) is 1.73. The number of rotatable bonds is 5. The molecule has 0 atom stereocenters. The molecule has 0 heterocycles. The predicted octanol–water partition coefficient (Wildman–Crippen LogP) is 2.96. The van der Waals surface area contributed by atoms with Gasteiger partial charge in [0.2, 0.25) is 10.0 Å². The quantitative estimate of drug-likeness (QED) is 0.877. The number of anilines is 1. The molecule has 0 amide bonds. The van der Waals surface area contributed by atoms with E-state index in [-0.39, 0.29) is 4.90 Å². The van der Waals surface area contributed by atoms with Gasteiger partial charge in [0.25, 0.3) is 0 Å². The molecule has 1 aromatic rings. The Bertz CT molecular complexity index is 517. The molecule has 20 heavy (non-hydrogen) atoms. The molecule has 1 aliphatic rings. The fourth-order valence-corrected chi connectivity index (χ4v) is 3.32. The van der Waals surface area contributed by atoms with Gasteiger partial charge in [-0.2, -0.15) is 0 Å². The van der Waals surface area contributed by atoms with Crippen molar-refractivity contribution in [2.45, 2.75) is 43.9 Å². The standard InChI is InChI=1S/C15H24N2O2S/c1-12-2-4-13(5-3-12)10-11-17-14-6-8-15(9-7-14)20(16,18)19/h6-9,12-13,17H,2-5,10-11H2,1H3,(H2,16,18,19). The minimum absolute atomic E-state index is 0.157. The maximum atomic E-state index is 11.1. The second-order valence-electron chi connectivity index (χ2n) is 5.91. The molecule has 1 aromatic carbocycles. The number of benzene rings is 1. The Morgan fingerprint density at radius 1 is 1.15 bits per heavy atom. The van der Waals surface area contributed by atoms with Crippen molar-refractivity contribution in [3.05, 3.63) is 24.3 Å². The first-order valence-corrected chi connectivity index (χ1v) is 8.86. The second-order valence-corrected chi connectivity index (χ2v) is 7.47. The van der Waals surface area contributed by atoms with Gasteiger partial charge in [-0.05, 0) is 42.5 Å². The molecule has 2 rings (SSSR count). The lowest BCUT2D eigenvalue weighted by Gasteiger charge is -2.26. The zero-order valence-corrected chi connectivity index (χ0v) is 12.8. The van der Waals surface area contributed by atoms with Gasteiger partial charge in [-0.1, -0.05) is 32.6 Å². The molecule has 0 aromatic heterocycles. The number of hydrogen-bond acceptors (Lipinski definition) is 3. The minimum Gasteiger partial charge on any atom is -0.385 e. The summed E-state index contributed by atoms with van der Waals surface area (Å²) in [6.45, 7) is 3.27. The Hall–Kier alpha value is -1.07. The van der Waals surface area contributed by atoms with Gasteiger partial charge in [-0.3, -0.25) is 0 Å². The van der Waals surface area contributed by atoms with Crippen LogP contribution in [-0.4, -0.2) is 15.0 Å². The molecule has 0 unspecified atom stereocenters. The van der Waals surface area contributed by atoms with Crippen LogP contribution in [0, 0.1) is 11.8 Å². The van der Waals surface area contributed by atoms with E-state index >= 15 is 0 Å². The third-order valence-corrected chi connectivity index (χ3v) is 5.13. The average Bonchev–Trinajstić information content (AvgIpc) is 2.41. The average molecular weight is 296 g/mol. The Labute approximate surface area is 121 Å². The Morgan fingerprint density at radius 3 is 2.30 bits per heavy atom. The van der Waals surface area contributed by atoms with Crippen LogP contribution in [0.3, 0.4) is 0 Å². The van der Waals surface area contributed by atoms with E-state index in [1.165, 1.54) is 32.1 Å². The van der Waals surface area contributed by atoms with Gasteiger partial charge in [-0.25, -0.2) is 13.6 Å². The molecule has 0 bridgehead atoms. The van der Waals surface area contributed by atoms with E-state index in [9.17, 15) is 8.42 Å². The molecule has 5 heteroatoms. The number of nitrogens with two attached hydrogens (primary N) is 1. The minimum atomic E-state index is -3.59. The van der Waals surface area contributed by atoms with Crippen molar-refractivity contribution in [3.8, 4) is 0 Å². The summed E-state index contributed by atoms with van der Waals surface area (Å²) >= 11 is 0. The van der Waals surface area contributed by atoms with Crippen LogP contribution in [0.2, 0.25) is 0 Å². The highest BCUT2D eigenvalue weighted by Crippen LogP contribution is 2.30. The molecular formula is C15H24N2O2S. The zero-order chi connectivity index (χ0) is 14.6. The maximum absolute atomic E-state index is 11.1. The normalized spacial score (nSPS) is 23.5. The maximum Gasteiger partial charge on any atom is 0.238 e. The van der Waals surface area contributed by atoms with Crippen molar-refractivity contribution >= 4 is 15.7 Å². The lowest BCUT2D eigenvalue weighted by Crippen LogP contribution is -2.16. The van der Waals surface area contributed by atoms with Gasteiger partial charge in [0, 0.05) is 12.2 Å². The molecule has 0 aliphatic heterocycles. The Kier molecular flexibility index (Phi) is 5.05. The van der Waals surface area contributed by atoms with Gasteiger partial charge in [0.15, 0.2) is 0 Å². The summed E-state index contributed by atoms with van der Waals surface area (Å²) in [6.07, 6.45) is 6.57. The SMILES string of the molecule is CC1CCC(CCNc2ccc(S(N)(=O)=O)cc2)CC1. The van der Waals surface area contributed by atoms with E-state index in [1.807, 2.05) is 0 Å². The fourth-order valence-electron chi connectivity index (χ4n) is 2.80. The van der Waals surface area contributed by atoms with E-state index < -0.39 is 10.0 Å². The van der Waals surface area contributed by atoms with Crippen molar-refractivity contribution in [2.24, 2.45) is 17.0 Å². The van der Waals surface area contributed by atoms with Gasteiger partial charge in [0.1, 0.15) is 0 Å². The first kappa shape index (κ1) is 15.3. The Morgan fingerprint density at radius 2 is 1.75 bits per heavy atom. The van der Waals surface area contributed by atoms with Crippen molar-refractivity contribution in [1.29, 1.82) is 0 Å². The molecule has 0 radical (unpaired) electrons. The molecule has 1 saturated carbocycles. The van der Waals surface area contributed by atoms with Gasteiger partial charge >= 0.3 is 0 Å². The third-order valence-electron chi connectivity index (χ3n) is 4.20. The summed E-state index contributed by atoms with van der Waals surface area (Å²) in [5, 5.41) is 8.41. The van der Waals surface area contributed by atoms with Crippen molar-refractivity contribution in [1.82, 2.24) is 0 Å². The van der Waals surface area contributed by atoms with E-state index in [2.05, 4.69) is 12.2 Å². The van der Waals surface area contributed by atoms with Crippen LogP contribution >= 0.6 is 0 Å². The van der Waals surface area contributed by atoms with Gasteiger partial charge in [-0.15, -0.1) is 0 Å². The topological polar surface area (TPSA) is 72.2 Å². The van der Waals surface area contributed by atoms with Crippen LogP contribution in [0.1, 0.15) is 39.0 Å². The third kappa shape index (κ3) is 4.49. The molecule has 0 saturated heterocycles. The molecule has 0 spiro atoms. The lowest BCUT2D eigenvalue weighted by atomic mass is 9.81. The summed E-state index contributed by atoms with van der Waals surface area (Å²) in [6, 6.07) is 6.62. The van der Waals surface area contributed by atoms with Crippen molar-refractivity contribution < 1.29 is 8.42 Å². The number of primary sulfonamides is 1. The van der Waals surface area contributed by atoms with E-state index in [0.29, 0.717) is 0 Å². The van der Waals surface area contributed by atoms with E-state index in [0.717, 1.165) is 24.1 Å². The van der Waals surface area contributed by atoms with Crippen LogP contribution in [0.4, 0.5) is 5.69 Å². The monoisotopic (exact) mass is 296 g/mol. The fraction of sp³-hybridized carbons (Fsp3) is 0.600. The first-order chi connectivity index (χ1) is 9.45. The zero-order valence-electron chi connectivity index (χ0n) is 12.0. The lowest BCUT2D eigenvalue weighted by molar-refractivity contribution is 0.282. The highest BCUT2D eigenvalue weighted by molar-refractivity contribution is 7.89. The molecule has 4 nitrogen and oxygen atoms in total. The summed E-state index contributed by atoms with van der Waals surface area (Å²) in [7, 11) is -3.59. The molecule has 112 valence electrons. The van der Waals surface area contributed by atoms with E-state index in [4.69, 9.17) is 5.14 Å². The Balaban J connectivity index is 1.77. The number of sulfonamides is 1. The number of hydrogen-bond donors (Lipinski definition) is 2. The van der Waals surface area contributed by atoms with Gasteiger partial charge in [0.05, 0.1) is 4.90 Å². The van der Waals surface area contributed by atoms with Gasteiger partial charge < -0.3 is 5.32 Å². The van der Waals surface area contributed by atoms with Crippen LogP contribution in [0.25, 0.3) is 0 Å².